The van der Waals surface area contributed by atoms with E-state index < -0.39 is 0 Å². The van der Waals surface area contributed by atoms with Crippen LogP contribution in [-0.4, -0.2) is 67.5 Å². The molecule has 4 heterocycles. The molecule has 0 unspecified atom stereocenters. The number of fused-ring (bicyclic) bond motifs is 1. The number of aromatic nitrogens is 2. The lowest BCUT2D eigenvalue weighted by Gasteiger charge is -2.47. The van der Waals surface area contributed by atoms with Gasteiger partial charge in [-0.05, 0) is 80.6 Å². The van der Waals surface area contributed by atoms with E-state index in [0.717, 1.165) is 50.5 Å². The number of methoxy groups -OCH3 is 1. The highest BCUT2D eigenvalue weighted by molar-refractivity contribution is 7.08. The van der Waals surface area contributed by atoms with Crippen LogP contribution in [0.5, 0.6) is 23.1 Å². The van der Waals surface area contributed by atoms with Crippen LogP contribution in [0.1, 0.15) is 24.8 Å². The van der Waals surface area contributed by atoms with Gasteiger partial charge < -0.3 is 34.5 Å². The van der Waals surface area contributed by atoms with E-state index in [-0.39, 0.29) is 6.03 Å². The quantitative estimate of drug-likeness (QED) is 0.207. The van der Waals surface area contributed by atoms with Crippen LogP contribution in [0.25, 0.3) is 10.9 Å². The summed E-state index contributed by atoms with van der Waals surface area (Å²) in [5.41, 5.74) is 3.44. The average molecular weight is 590 g/mol. The Bertz CT molecular complexity index is 1530. The van der Waals surface area contributed by atoms with Crippen LogP contribution in [0.4, 0.5) is 16.2 Å². The fraction of sp³-hybridized carbons (Fsp3) is 0.387. The summed E-state index contributed by atoms with van der Waals surface area (Å²) in [4.78, 5) is 23.7. The molecule has 0 radical (unpaired) electrons. The summed E-state index contributed by atoms with van der Waals surface area (Å²) >= 11 is 1.52. The summed E-state index contributed by atoms with van der Waals surface area (Å²) in [6.07, 6.45) is 4.86. The number of likely N-dealkylation sites (tertiary alicyclic amines) is 1. The average Bonchev–Trinajstić information content (AvgIpc) is 3.49. The molecule has 2 fully saturated rings. The summed E-state index contributed by atoms with van der Waals surface area (Å²) in [5.74, 6) is 2.23. The first kappa shape index (κ1) is 28.2. The van der Waals surface area contributed by atoms with Crippen molar-refractivity contribution in [3.63, 3.8) is 0 Å². The molecule has 0 bridgehead atoms. The van der Waals surface area contributed by atoms with Gasteiger partial charge in [-0.2, -0.15) is 11.3 Å². The van der Waals surface area contributed by atoms with E-state index in [1.165, 1.54) is 30.5 Å². The monoisotopic (exact) mass is 589 g/mol. The zero-order valence-electron chi connectivity index (χ0n) is 23.9. The summed E-state index contributed by atoms with van der Waals surface area (Å²) in [7, 11) is 1.62. The van der Waals surface area contributed by atoms with Gasteiger partial charge in [0.1, 0.15) is 12.1 Å². The first-order valence-corrected chi connectivity index (χ1v) is 15.1. The van der Waals surface area contributed by atoms with Crippen molar-refractivity contribution >= 4 is 39.6 Å². The fourth-order valence-corrected chi connectivity index (χ4v) is 5.95. The van der Waals surface area contributed by atoms with Gasteiger partial charge in [-0.3, -0.25) is 0 Å². The third kappa shape index (κ3) is 6.43. The normalized spacial score (nSPS) is 16.1. The minimum Gasteiger partial charge on any atom is -0.493 e. The van der Waals surface area contributed by atoms with E-state index >= 15 is 0 Å². The summed E-state index contributed by atoms with van der Waals surface area (Å²) in [6, 6.07) is 10.7. The second-order valence-electron chi connectivity index (χ2n) is 10.9. The Morgan fingerprint density at radius 2 is 1.95 bits per heavy atom. The predicted molar refractivity (Wildman–Crippen MR) is 163 cm³/mol. The largest absolute Gasteiger partial charge is 0.493 e. The number of ether oxygens (including phenoxy) is 4. The Kier molecular flexibility index (Phi) is 8.41. The number of aryl methyl sites for hydroxylation is 1. The van der Waals surface area contributed by atoms with Crippen molar-refractivity contribution in [1.82, 2.24) is 14.9 Å². The SMILES string of the molecule is COc1cc2c(Oc3ccc(NC(=O)Nc4ccsc4)c(C)c3)ncnc2cc1OCCCN1CCC2(CC1)COC2. The van der Waals surface area contributed by atoms with Gasteiger partial charge in [-0.1, -0.05) is 0 Å². The van der Waals surface area contributed by atoms with Crippen molar-refractivity contribution in [3.8, 4) is 23.1 Å². The summed E-state index contributed by atoms with van der Waals surface area (Å²) in [6.45, 7) is 7.64. The maximum atomic E-state index is 12.3. The van der Waals surface area contributed by atoms with Gasteiger partial charge in [0.05, 0.1) is 43.5 Å². The second kappa shape index (κ2) is 12.5. The third-order valence-electron chi connectivity index (χ3n) is 7.93. The van der Waals surface area contributed by atoms with E-state index in [0.29, 0.717) is 51.7 Å². The van der Waals surface area contributed by atoms with E-state index in [9.17, 15) is 4.79 Å². The number of anilines is 2. The van der Waals surface area contributed by atoms with Crippen molar-refractivity contribution in [1.29, 1.82) is 0 Å². The molecule has 220 valence electrons. The molecule has 10 nitrogen and oxygen atoms in total. The lowest BCUT2D eigenvalue weighted by atomic mass is 9.77. The number of benzene rings is 2. The summed E-state index contributed by atoms with van der Waals surface area (Å²) < 4.78 is 23.4. The number of hydrogen-bond donors (Lipinski definition) is 2. The first-order chi connectivity index (χ1) is 20.5. The molecule has 6 rings (SSSR count). The van der Waals surface area contributed by atoms with Gasteiger partial charge >= 0.3 is 6.03 Å². The molecule has 2 aliphatic heterocycles. The van der Waals surface area contributed by atoms with Gasteiger partial charge in [0.25, 0.3) is 0 Å². The number of hydrogen-bond acceptors (Lipinski definition) is 9. The minimum atomic E-state index is -0.305. The Morgan fingerprint density at radius 1 is 1.10 bits per heavy atom. The molecule has 0 aliphatic carbocycles. The molecule has 2 aromatic heterocycles. The standard InChI is InChI=1S/C31H35N5O5S/c1-21-14-23(4-5-25(21)35-30(37)34-22-6-13-42-17-22)41-29-24-15-27(38-2)28(16-26(24)32-20-33-29)40-12-3-9-36-10-7-31(8-11-36)18-39-19-31/h4-6,13-17,20H,3,7-12,18-19H2,1-2H3,(H2,34,35,37). The highest BCUT2D eigenvalue weighted by atomic mass is 32.1. The molecule has 2 aliphatic rings. The number of nitrogens with zero attached hydrogens (tertiary/aromatic N) is 3. The lowest BCUT2D eigenvalue weighted by molar-refractivity contribution is -0.139. The predicted octanol–water partition coefficient (Wildman–Crippen LogP) is 6.33. The molecular weight excluding hydrogens is 554 g/mol. The number of carbonyl (C=O) groups excluding carboxylic acids is 1. The van der Waals surface area contributed by atoms with Crippen molar-refractivity contribution in [2.24, 2.45) is 5.41 Å². The summed E-state index contributed by atoms with van der Waals surface area (Å²) in [5, 5.41) is 10.2. The molecule has 42 heavy (non-hydrogen) atoms. The van der Waals surface area contributed by atoms with Crippen molar-refractivity contribution < 1.29 is 23.7 Å². The van der Waals surface area contributed by atoms with Gasteiger partial charge in [0.15, 0.2) is 11.5 Å². The maximum Gasteiger partial charge on any atom is 0.323 e. The number of thiophene rings is 1. The van der Waals surface area contributed by atoms with E-state index in [1.807, 2.05) is 41.9 Å². The number of carbonyl (C=O) groups is 1. The van der Waals surface area contributed by atoms with Crippen molar-refractivity contribution in [3.05, 3.63) is 59.0 Å². The van der Waals surface area contributed by atoms with E-state index in [1.54, 1.807) is 19.2 Å². The van der Waals surface area contributed by atoms with Crippen LogP contribution >= 0.6 is 11.3 Å². The zero-order valence-corrected chi connectivity index (χ0v) is 24.7. The van der Waals surface area contributed by atoms with Gasteiger partial charge in [0.2, 0.25) is 5.88 Å². The highest BCUT2D eigenvalue weighted by Gasteiger charge is 2.40. The maximum absolute atomic E-state index is 12.3. The molecular formula is C31H35N5O5S. The molecule has 2 N–H and O–H groups in total. The van der Waals surface area contributed by atoms with Crippen molar-refractivity contribution in [2.75, 3.05) is 57.2 Å². The number of urea groups is 1. The third-order valence-corrected chi connectivity index (χ3v) is 8.62. The molecule has 2 aromatic carbocycles. The number of amides is 2. The van der Waals surface area contributed by atoms with Crippen LogP contribution in [-0.2, 0) is 4.74 Å². The second-order valence-corrected chi connectivity index (χ2v) is 11.7. The van der Waals surface area contributed by atoms with Crippen LogP contribution < -0.4 is 24.8 Å². The Balaban J connectivity index is 1.07. The fourth-order valence-electron chi connectivity index (χ4n) is 5.37. The Hall–Kier alpha value is -3.93. The van der Waals surface area contributed by atoms with Crippen LogP contribution in [0.3, 0.4) is 0 Å². The molecule has 2 amide bonds. The van der Waals surface area contributed by atoms with Gasteiger partial charge in [-0.25, -0.2) is 14.8 Å². The van der Waals surface area contributed by atoms with Crippen LogP contribution in [0.2, 0.25) is 0 Å². The molecule has 0 atom stereocenters. The van der Waals surface area contributed by atoms with Crippen LogP contribution in [0.15, 0.2) is 53.5 Å². The molecule has 1 spiro atoms. The molecule has 11 heteroatoms. The number of piperidine rings is 1. The van der Waals surface area contributed by atoms with Gasteiger partial charge in [-0.15, -0.1) is 0 Å². The smallest absolute Gasteiger partial charge is 0.323 e. The number of rotatable bonds is 10. The first-order valence-electron chi connectivity index (χ1n) is 14.1. The Labute approximate surface area is 249 Å². The van der Waals surface area contributed by atoms with Crippen LogP contribution in [0, 0.1) is 12.3 Å². The van der Waals surface area contributed by atoms with Crippen molar-refractivity contribution in [2.45, 2.75) is 26.2 Å². The van der Waals surface area contributed by atoms with E-state index in [2.05, 4.69) is 25.5 Å². The molecule has 4 aromatic rings. The topological polar surface area (TPSA) is 107 Å². The van der Waals surface area contributed by atoms with Gasteiger partial charge in [0, 0.05) is 29.1 Å². The molecule has 0 saturated carbocycles. The molecule has 2 saturated heterocycles. The highest BCUT2D eigenvalue weighted by Crippen LogP contribution is 2.39. The lowest BCUT2D eigenvalue weighted by Crippen LogP contribution is -2.51. The Morgan fingerprint density at radius 3 is 2.67 bits per heavy atom. The zero-order chi connectivity index (χ0) is 28.9. The van der Waals surface area contributed by atoms with E-state index in [4.69, 9.17) is 18.9 Å². The minimum absolute atomic E-state index is 0.305. The number of nitrogens with one attached hydrogen (secondary N) is 2.